The molecule has 23 heavy (non-hydrogen) atoms. The highest BCUT2D eigenvalue weighted by Gasteiger charge is 2.13. The first-order valence-electron chi connectivity index (χ1n) is 7.97. The summed E-state index contributed by atoms with van der Waals surface area (Å²) in [6.45, 7) is 2.83. The van der Waals surface area contributed by atoms with E-state index in [1.165, 1.54) is 0 Å². The van der Waals surface area contributed by atoms with Gasteiger partial charge in [-0.15, -0.1) is 0 Å². The third-order valence-corrected chi connectivity index (χ3v) is 4.07. The zero-order valence-electron chi connectivity index (χ0n) is 13.6. The van der Waals surface area contributed by atoms with E-state index >= 15 is 0 Å². The molecule has 0 fully saturated rings. The number of fused-ring (bicyclic) bond motifs is 1. The van der Waals surface area contributed by atoms with Crippen molar-refractivity contribution in [3.05, 3.63) is 59.9 Å². The second-order valence-corrected chi connectivity index (χ2v) is 5.70. The number of rotatable bonds is 6. The maximum Gasteiger partial charge on any atom is 0.157 e. The van der Waals surface area contributed by atoms with E-state index in [0.717, 1.165) is 35.7 Å². The molecule has 0 aliphatic rings. The number of anilines is 1. The van der Waals surface area contributed by atoms with Crippen LogP contribution < -0.4 is 4.90 Å². The van der Waals surface area contributed by atoms with Crippen molar-refractivity contribution >= 4 is 11.5 Å². The molecule has 0 amide bonds. The van der Waals surface area contributed by atoms with E-state index < -0.39 is 6.10 Å². The van der Waals surface area contributed by atoms with Crippen molar-refractivity contribution in [3.8, 4) is 0 Å². The summed E-state index contributed by atoms with van der Waals surface area (Å²) in [6.07, 6.45) is 2.85. The number of aliphatic hydroxyl groups excluding tert-OH is 1. The molecule has 0 aliphatic carbocycles. The molecule has 0 saturated carbocycles. The van der Waals surface area contributed by atoms with Crippen LogP contribution in [0.25, 0.3) is 5.65 Å². The van der Waals surface area contributed by atoms with Gasteiger partial charge in [-0.1, -0.05) is 37.3 Å². The molecule has 0 spiro atoms. The van der Waals surface area contributed by atoms with Crippen LogP contribution in [0.15, 0.2) is 48.7 Å². The van der Waals surface area contributed by atoms with E-state index in [0.29, 0.717) is 6.42 Å². The maximum absolute atomic E-state index is 10.3. The Morgan fingerprint density at radius 2 is 2.00 bits per heavy atom. The first-order chi connectivity index (χ1) is 11.2. The highest BCUT2D eigenvalue weighted by atomic mass is 16.3. The van der Waals surface area contributed by atoms with Crippen LogP contribution in [0.4, 0.5) is 5.82 Å². The number of hydrogen-bond acceptors (Lipinski definition) is 4. The second kappa shape index (κ2) is 6.79. The van der Waals surface area contributed by atoms with E-state index in [1.54, 1.807) is 6.20 Å². The highest BCUT2D eigenvalue weighted by molar-refractivity contribution is 5.50. The standard InChI is InChI=1S/C18H22N4O/c1-3-15-13-18(22-17(20-15)9-11-19-22)21(2)12-10-16(23)14-7-5-4-6-8-14/h4-9,11,13,16,23H,3,10,12H2,1-2H3/t16-/m0/s1. The number of aryl methyl sites for hydroxylation is 1. The van der Waals surface area contributed by atoms with E-state index in [1.807, 2.05) is 48.0 Å². The van der Waals surface area contributed by atoms with Crippen LogP contribution >= 0.6 is 0 Å². The minimum absolute atomic E-state index is 0.459. The summed E-state index contributed by atoms with van der Waals surface area (Å²) in [5.41, 5.74) is 2.85. The average Bonchev–Trinajstić information content (AvgIpc) is 3.07. The Morgan fingerprint density at radius 3 is 2.74 bits per heavy atom. The van der Waals surface area contributed by atoms with E-state index in [2.05, 4.69) is 28.0 Å². The molecule has 3 rings (SSSR count). The fraction of sp³-hybridized carbons (Fsp3) is 0.333. The lowest BCUT2D eigenvalue weighted by molar-refractivity contribution is 0.169. The van der Waals surface area contributed by atoms with Crippen LogP contribution in [0, 0.1) is 0 Å². The predicted octanol–water partition coefficient (Wildman–Crippen LogP) is 2.85. The molecule has 3 aromatic rings. The Labute approximate surface area is 136 Å². The van der Waals surface area contributed by atoms with Gasteiger partial charge in [-0.25, -0.2) is 4.98 Å². The Hall–Kier alpha value is -2.40. The molecule has 1 aromatic carbocycles. The van der Waals surface area contributed by atoms with Crippen LogP contribution in [-0.2, 0) is 6.42 Å². The second-order valence-electron chi connectivity index (χ2n) is 5.70. The van der Waals surface area contributed by atoms with Gasteiger partial charge in [0.15, 0.2) is 5.65 Å². The summed E-state index contributed by atoms with van der Waals surface area (Å²) in [5, 5.41) is 14.7. The lowest BCUT2D eigenvalue weighted by Gasteiger charge is -2.22. The number of aromatic nitrogens is 3. The van der Waals surface area contributed by atoms with Gasteiger partial charge in [-0.2, -0.15) is 9.61 Å². The minimum atomic E-state index is -0.459. The summed E-state index contributed by atoms with van der Waals surface area (Å²) in [5.74, 6) is 0.997. The van der Waals surface area contributed by atoms with Crippen LogP contribution in [-0.4, -0.2) is 33.3 Å². The van der Waals surface area contributed by atoms with Crippen molar-refractivity contribution in [2.45, 2.75) is 25.9 Å². The SMILES string of the molecule is CCc1cc(N(C)CC[C@H](O)c2ccccc2)n2nccc2n1. The molecular formula is C18H22N4O. The highest BCUT2D eigenvalue weighted by Crippen LogP contribution is 2.20. The van der Waals surface area contributed by atoms with Gasteiger partial charge in [-0.3, -0.25) is 0 Å². The molecule has 1 N–H and O–H groups in total. The van der Waals surface area contributed by atoms with Crippen molar-refractivity contribution in [2.24, 2.45) is 0 Å². The normalized spacial score (nSPS) is 12.5. The van der Waals surface area contributed by atoms with Crippen molar-refractivity contribution in [1.29, 1.82) is 0 Å². The van der Waals surface area contributed by atoms with Gasteiger partial charge in [0.25, 0.3) is 0 Å². The molecule has 0 unspecified atom stereocenters. The zero-order chi connectivity index (χ0) is 16.2. The van der Waals surface area contributed by atoms with Gasteiger partial charge in [0, 0.05) is 31.4 Å². The van der Waals surface area contributed by atoms with Crippen LogP contribution in [0.3, 0.4) is 0 Å². The van der Waals surface area contributed by atoms with E-state index in [9.17, 15) is 5.11 Å². The summed E-state index contributed by atoms with van der Waals surface area (Å²) in [6, 6.07) is 13.7. The molecule has 2 heterocycles. The van der Waals surface area contributed by atoms with Gasteiger partial charge in [0.1, 0.15) is 5.82 Å². The first kappa shape index (κ1) is 15.5. The van der Waals surface area contributed by atoms with Crippen molar-refractivity contribution in [1.82, 2.24) is 14.6 Å². The third-order valence-electron chi connectivity index (χ3n) is 4.07. The fourth-order valence-corrected chi connectivity index (χ4v) is 2.67. The molecule has 0 saturated heterocycles. The van der Waals surface area contributed by atoms with Gasteiger partial charge in [0.2, 0.25) is 0 Å². The third kappa shape index (κ3) is 3.35. The molecule has 0 radical (unpaired) electrons. The van der Waals surface area contributed by atoms with Gasteiger partial charge < -0.3 is 10.0 Å². The van der Waals surface area contributed by atoms with E-state index in [-0.39, 0.29) is 0 Å². The Kier molecular flexibility index (Phi) is 4.57. The smallest absolute Gasteiger partial charge is 0.157 e. The maximum atomic E-state index is 10.3. The lowest BCUT2D eigenvalue weighted by atomic mass is 10.1. The molecule has 5 nitrogen and oxygen atoms in total. The number of hydrogen-bond donors (Lipinski definition) is 1. The minimum Gasteiger partial charge on any atom is -0.388 e. The van der Waals surface area contributed by atoms with Crippen molar-refractivity contribution in [2.75, 3.05) is 18.5 Å². The molecule has 0 aliphatic heterocycles. The predicted molar refractivity (Wildman–Crippen MR) is 91.7 cm³/mol. The van der Waals surface area contributed by atoms with Gasteiger partial charge in [0.05, 0.1) is 12.3 Å². The van der Waals surface area contributed by atoms with E-state index in [4.69, 9.17) is 0 Å². The Balaban J connectivity index is 1.75. The lowest BCUT2D eigenvalue weighted by Crippen LogP contribution is -2.23. The van der Waals surface area contributed by atoms with Crippen LogP contribution in [0.2, 0.25) is 0 Å². The van der Waals surface area contributed by atoms with Crippen LogP contribution in [0.5, 0.6) is 0 Å². The molecular weight excluding hydrogens is 288 g/mol. The molecule has 1 atom stereocenters. The monoisotopic (exact) mass is 310 g/mol. The molecule has 0 bridgehead atoms. The topological polar surface area (TPSA) is 53.7 Å². The quantitative estimate of drug-likeness (QED) is 0.760. The van der Waals surface area contributed by atoms with Crippen LogP contribution in [0.1, 0.15) is 30.7 Å². The number of aliphatic hydroxyl groups is 1. The molecule has 2 aromatic heterocycles. The number of nitrogens with zero attached hydrogens (tertiary/aromatic N) is 4. The molecule has 120 valence electrons. The summed E-state index contributed by atoms with van der Waals surface area (Å²) >= 11 is 0. The summed E-state index contributed by atoms with van der Waals surface area (Å²) < 4.78 is 1.84. The van der Waals surface area contributed by atoms with Gasteiger partial charge >= 0.3 is 0 Å². The Morgan fingerprint density at radius 1 is 1.22 bits per heavy atom. The fourth-order valence-electron chi connectivity index (χ4n) is 2.67. The summed E-state index contributed by atoms with van der Waals surface area (Å²) in [7, 11) is 2.02. The van der Waals surface area contributed by atoms with Gasteiger partial charge in [-0.05, 0) is 18.4 Å². The largest absolute Gasteiger partial charge is 0.388 e. The Bertz CT molecular complexity index is 769. The number of benzene rings is 1. The van der Waals surface area contributed by atoms with Crippen molar-refractivity contribution in [3.63, 3.8) is 0 Å². The average molecular weight is 310 g/mol. The molecule has 5 heteroatoms. The summed E-state index contributed by atoms with van der Waals surface area (Å²) in [4.78, 5) is 6.68. The van der Waals surface area contributed by atoms with Crippen molar-refractivity contribution < 1.29 is 5.11 Å². The zero-order valence-corrected chi connectivity index (χ0v) is 13.6. The first-order valence-corrected chi connectivity index (χ1v) is 7.97.